The summed E-state index contributed by atoms with van der Waals surface area (Å²) in [4.78, 5) is 0. The standard InChI is InChI=1S/C19H24/c1-15(2)19-10-6-9-17(14-19)7-4-5-8-18-12-11-16(3)13-18/h6,9-10,14-15,18H,3-4,7,11-13H2,1-2H3. The lowest BCUT2D eigenvalue weighted by atomic mass is 9.99. The normalized spacial score (nSPS) is 18.5. The molecule has 1 aliphatic carbocycles. The smallest absolute Gasteiger partial charge is 0.0242 e. The van der Waals surface area contributed by atoms with Crippen molar-refractivity contribution in [2.75, 3.05) is 0 Å². The number of hydrogen-bond acceptors (Lipinski definition) is 0. The maximum absolute atomic E-state index is 4.04. The molecule has 1 aromatic rings. The summed E-state index contributed by atoms with van der Waals surface area (Å²) in [6, 6.07) is 8.91. The zero-order chi connectivity index (χ0) is 13.7. The predicted octanol–water partition coefficient (Wildman–Crippen LogP) is 5.10. The summed E-state index contributed by atoms with van der Waals surface area (Å²) in [6.07, 6.45) is 5.56. The minimum Gasteiger partial charge on any atom is -0.103 e. The summed E-state index contributed by atoms with van der Waals surface area (Å²) in [5.74, 6) is 7.95. The lowest BCUT2D eigenvalue weighted by Gasteiger charge is -2.06. The highest BCUT2D eigenvalue weighted by atomic mass is 14.2. The molecule has 1 aromatic carbocycles. The Morgan fingerprint density at radius 3 is 2.89 bits per heavy atom. The van der Waals surface area contributed by atoms with Crippen LogP contribution < -0.4 is 0 Å². The highest BCUT2D eigenvalue weighted by Crippen LogP contribution is 2.28. The fourth-order valence-corrected chi connectivity index (χ4v) is 2.59. The summed E-state index contributed by atoms with van der Waals surface area (Å²) in [7, 11) is 0. The second-order valence-electron chi connectivity index (χ2n) is 5.91. The highest BCUT2D eigenvalue weighted by molar-refractivity contribution is 5.26. The van der Waals surface area contributed by atoms with E-state index in [1.165, 1.54) is 29.5 Å². The molecule has 0 radical (unpaired) electrons. The maximum atomic E-state index is 4.04. The Balaban J connectivity index is 1.84. The van der Waals surface area contributed by atoms with Crippen LogP contribution in [0.1, 0.15) is 56.6 Å². The number of allylic oxidation sites excluding steroid dienone is 1. The lowest BCUT2D eigenvalue weighted by molar-refractivity contribution is 0.718. The van der Waals surface area contributed by atoms with Gasteiger partial charge >= 0.3 is 0 Å². The van der Waals surface area contributed by atoms with E-state index in [-0.39, 0.29) is 0 Å². The van der Waals surface area contributed by atoms with Crippen molar-refractivity contribution in [2.45, 2.75) is 51.9 Å². The molecule has 1 unspecified atom stereocenters. The Labute approximate surface area is 117 Å². The van der Waals surface area contributed by atoms with Gasteiger partial charge < -0.3 is 0 Å². The van der Waals surface area contributed by atoms with Crippen LogP contribution in [0.4, 0.5) is 0 Å². The van der Waals surface area contributed by atoms with Crippen molar-refractivity contribution in [3.8, 4) is 11.8 Å². The first kappa shape index (κ1) is 13.9. The molecule has 0 spiro atoms. The van der Waals surface area contributed by atoms with Crippen molar-refractivity contribution >= 4 is 0 Å². The van der Waals surface area contributed by atoms with E-state index < -0.39 is 0 Å². The van der Waals surface area contributed by atoms with E-state index in [0.29, 0.717) is 11.8 Å². The molecule has 0 aromatic heterocycles. The Kier molecular flexibility index (Phi) is 4.86. The molecule has 0 amide bonds. The van der Waals surface area contributed by atoms with E-state index in [1.54, 1.807) is 0 Å². The lowest BCUT2D eigenvalue weighted by Crippen LogP contribution is -1.91. The number of hydrogen-bond donors (Lipinski definition) is 0. The van der Waals surface area contributed by atoms with Crippen molar-refractivity contribution in [2.24, 2.45) is 5.92 Å². The first-order valence-electron chi connectivity index (χ1n) is 7.39. The van der Waals surface area contributed by atoms with Gasteiger partial charge in [0.15, 0.2) is 0 Å². The maximum Gasteiger partial charge on any atom is 0.0242 e. The monoisotopic (exact) mass is 252 g/mol. The summed E-state index contributed by atoms with van der Waals surface area (Å²) in [5.41, 5.74) is 4.22. The molecule has 0 heteroatoms. The zero-order valence-electron chi connectivity index (χ0n) is 12.2. The molecule has 1 fully saturated rings. The minimum atomic E-state index is 0.578. The van der Waals surface area contributed by atoms with Gasteiger partial charge in [-0.2, -0.15) is 0 Å². The van der Waals surface area contributed by atoms with E-state index in [1.807, 2.05) is 0 Å². The molecule has 0 bridgehead atoms. The molecule has 1 aliphatic rings. The minimum absolute atomic E-state index is 0.578. The van der Waals surface area contributed by atoms with Crippen molar-refractivity contribution in [1.82, 2.24) is 0 Å². The molecule has 0 aliphatic heterocycles. The van der Waals surface area contributed by atoms with Gasteiger partial charge in [-0.15, -0.1) is 5.92 Å². The largest absolute Gasteiger partial charge is 0.103 e. The van der Waals surface area contributed by atoms with E-state index in [4.69, 9.17) is 0 Å². The van der Waals surface area contributed by atoms with E-state index >= 15 is 0 Å². The Bertz CT molecular complexity index is 496. The van der Waals surface area contributed by atoms with Gasteiger partial charge in [0, 0.05) is 12.3 Å². The number of benzene rings is 1. The first-order valence-corrected chi connectivity index (χ1v) is 7.39. The van der Waals surface area contributed by atoms with Gasteiger partial charge in [-0.3, -0.25) is 0 Å². The molecular weight excluding hydrogens is 228 g/mol. The molecular formula is C19H24. The van der Waals surface area contributed by atoms with Crippen molar-refractivity contribution in [3.05, 3.63) is 47.5 Å². The van der Waals surface area contributed by atoms with Crippen LogP contribution in [-0.4, -0.2) is 0 Å². The van der Waals surface area contributed by atoms with Crippen LogP contribution in [-0.2, 0) is 6.42 Å². The van der Waals surface area contributed by atoms with Crippen molar-refractivity contribution in [3.63, 3.8) is 0 Å². The van der Waals surface area contributed by atoms with Gasteiger partial charge in [0.1, 0.15) is 0 Å². The first-order chi connectivity index (χ1) is 9.15. The van der Waals surface area contributed by atoms with Gasteiger partial charge in [0.2, 0.25) is 0 Å². The van der Waals surface area contributed by atoms with Crippen LogP contribution in [0.5, 0.6) is 0 Å². The molecule has 1 atom stereocenters. The Hall–Kier alpha value is -1.48. The van der Waals surface area contributed by atoms with Gasteiger partial charge in [0.25, 0.3) is 0 Å². The third-order valence-electron chi connectivity index (χ3n) is 3.84. The molecule has 2 rings (SSSR count). The third-order valence-corrected chi connectivity index (χ3v) is 3.84. The van der Waals surface area contributed by atoms with Crippen molar-refractivity contribution in [1.29, 1.82) is 0 Å². The van der Waals surface area contributed by atoms with E-state index in [0.717, 1.165) is 19.3 Å². The van der Waals surface area contributed by atoms with Crippen molar-refractivity contribution < 1.29 is 0 Å². The average Bonchev–Trinajstić information content (AvgIpc) is 2.81. The van der Waals surface area contributed by atoms with Gasteiger partial charge in [-0.25, -0.2) is 0 Å². The summed E-state index contributed by atoms with van der Waals surface area (Å²) < 4.78 is 0. The summed E-state index contributed by atoms with van der Waals surface area (Å²) in [5, 5.41) is 0. The SMILES string of the molecule is C=C1CCC(C#CCCc2cccc(C(C)C)c2)C1. The van der Waals surface area contributed by atoms with E-state index in [9.17, 15) is 0 Å². The summed E-state index contributed by atoms with van der Waals surface area (Å²) >= 11 is 0. The van der Waals surface area contributed by atoms with Crippen LogP contribution >= 0.6 is 0 Å². The highest BCUT2D eigenvalue weighted by Gasteiger charge is 2.14. The van der Waals surface area contributed by atoms with Gasteiger partial charge in [-0.1, -0.05) is 56.2 Å². The number of rotatable bonds is 3. The predicted molar refractivity (Wildman–Crippen MR) is 83.1 cm³/mol. The van der Waals surface area contributed by atoms with Gasteiger partial charge in [0.05, 0.1) is 0 Å². The fourth-order valence-electron chi connectivity index (χ4n) is 2.59. The van der Waals surface area contributed by atoms with Crippen LogP contribution in [0.2, 0.25) is 0 Å². The second kappa shape index (κ2) is 6.62. The molecule has 0 saturated heterocycles. The Morgan fingerprint density at radius 1 is 1.37 bits per heavy atom. The summed E-state index contributed by atoms with van der Waals surface area (Å²) in [6.45, 7) is 8.52. The molecule has 19 heavy (non-hydrogen) atoms. The van der Waals surface area contributed by atoms with E-state index in [2.05, 4.69) is 56.5 Å². The number of aryl methyl sites for hydroxylation is 1. The van der Waals surface area contributed by atoms with Gasteiger partial charge in [-0.05, 0) is 42.7 Å². The Morgan fingerprint density at radius 2 is 2.21 bits per heavy atom. The zero-order valence-corrected chi connectivity index (χ0v) is 12.2. The van der Waals surface area contributed by atoms with Crippen LogP contribution in [0.25, 0.3) is 0 Å². The second-order valence-corrected chi connectivity index (χ2v) is 5.91. The molecule has 0 nitrogen and oxygen atoms in total. The quantitative estimate of drug-likeness (QED) is 0.518. The van der Waals surface area contributed by atoms with Crippen LogP contribution in [0, 0.1) is 17.8 Å². The van der Waals surface area contributed by atoms with Crippen LogP contribution in [0.3, 0.4) is 0 Å². The molecule has 100 valence electrons. The molecule has 1 saturated carbocycles. The molecule has 0 heterocycles. The fraction of sp³-hybridized carbons (Fsp3) is 0.474. The topological polar surface area (TPSA) is 0 Å². The molecule has 0 N–H and O–H groups in total. The third kappa shape index (κ3) is 4.28. The van der Waals surface area contributed by atoms with Crippen LogP contribution in [0.15, 0.2) is 36.4 Å². The average molecular weight is 252 g/mol.